The molecule has 4 heteroatoms. The average Bonchev–Trinajstić information content (AvgIpc) is 2.52. The SMILES string of the molecule is [2H]OC(=O)c1ccccc1C(=O)OCc1ccccc1. The third kappa shape index (κ3) is 3.19. The van der Waals surface area contributed by atoms with E-state index in [-0.39, 0.29) is 17.7 Å². The summed E-state index contributed by atoms with van der Waals surface area (Å²) in [7, 11) is 0. The Labute approximate surface area is 111 Å². The van der Waals surface area contributed by atoms with Crippen LogP contribution >= 0.6 is 0 Å². The van der Waals surface area contributed by atoms with Crippen molar-refractivity contribution in [3.63, 3.8) is 0 Å². The lowest BCUT2D eigenvalue weighted by Crippen LogP contribution is -2.11. The smallest absolute Gasteiger partial charge is 0.339 e. The molecule has 1 N–H and O–H groups in total. The second-order valence-corrected chi connectivity index (χ2v) is 3.89. The summed E-state index contributed by atoms with van der Waals surface area (Å²) in [6, 6.07) is 15.3. The zero-order valence-corrected chi connectivity index (χ0v) is 10.0. The molecule has 0 unspecified atom stereocenters. The fourth-order valence-electron chi connectivity index (χ4n) is 1.64. The van der Waals surface area contributed by atoms with E-state index in [1.807, 2.05) is 30.3 Å². The molecule has 0 aliphatic heterocycles. The molecule has 0 heterocycles. The molecule has 96 valence electrons. The largest absolute Gasteiger partial charge is 0.478 e. The highest BCUT2D eigenvalue weighted by Gasteiger charge is 2.16. The Morgan fingerprint density at radius 1 is 1.00 bits per heavy atom. The fraction of sp³-hybridized carbons (Fsp3) is 0.0667. The molecule has 0 bridgehead atoms. The van der Waals surface area contributed by atoms with Crippen molar-refractivity contribution in [2.24, 2.45) is 0 Å². The zero-order chi connectivity index (χ0) is 14.4. The molecule has 0 aliphatic rings. The Kier molecular flexibility index (Phi) is 3.51. The van der Waals surface area contributed by atoms with E-state index in [0.717, 1.165) is 5.56 Å². The van der Waals surface area contributed by atoms with Crippen molar-refractivity contribution in [2.45, 2.75) is 6.61 Å². The van der Waals surface area contributed by atoms with E-state index in [2.05, 4.69) is 5.11 Å². The summed E-state index contributed by atoms with van der Waals surface area (Å²) < 4.78 is 11.8. The number of carboxylic acid groups (broad SMARTS) is 1. The first-order chi connectivity index (χ1) is 9.72. The number of hydrogen-bond acceptors (Lipinski definition) is 4. The second kappa shape index (κ2) is 5.82. The monoisotopic (exact) mass is 257 g/mol. The molecule has 0 spiro atoms. The number of ether oxygens (including phenoxy) is 1. The molecule has 0 amide bonds. The van der Waals surface area contributed by atoms with Crippen molar-refractivity contribution in [1.29, 1.82) is 1.43 Å². The van der Waals surface area contributed by atoms with Gasteiger partial charge in [0.2, 0.25) is 0 Å². The summed E-state index contributed by atoms with van der Waals surface area (Å²) >= 11 is 0. The molecular weight excluding hydrogens is 244 g/mol. The molecule has 0 radical (unpaired) electrons. The van der Waals surface area contributed by atoms with Gasteiger partial charge in [0.1, 0.15) is 6.61 Å². The van der Waals surface area contributed by atoms with Crippen LogP contribution in [0, 0.1) is 0 Å². The number of carbonyl (C=O) groups excluding carboxylic acids is 1. The molecule has 0 saturated heterocycles. The molecule has 0 aliphatic carbocycles. The summed E-state index contributed by atoms with van der Waals surface area (Å²) in [5.41, 5.74) is 0.947. The van der Waals surface area contributed by atoms with Gasteiger partial charge >= 0.3 is 11.9 Å². The lowest BCUT2D eigenvalue weighted by Gasteiger charge is -2.07. The number of rotatable bonds is 4. The van der Waals surface area contributed by atoms with Crippen LogP contribution < -0.4 is 0 Å². The van der Waals surface area contributed by atoms with Crippen molar-refractivity contribution < 1.29 is 19.4 Å². The maximum absolute atomic E-state index is 12.0. The van der Waals surface area contributed by atoms with Gasteiger partial charge in [-0.2, -0.15) is 0 Å². The van der Waals surface area contributed by atoms with Crippen molar-refractivity contribution in [2.75, 3.05) is 0 Å². The molecule has 19 heavy (non-hydrogen) atoms. The van der Waals surface area contributed by atoms with Crippen LogP contribution in [-0.4, -0.2) is 17.0 Å². The van der Waals surface area contributed by atoms with E-state index >= 15 is 0 Å². The Morgan fingerprint density at radius 2 is 1.63 bits per heavy atom. The van der Waals surface area contributed by atoms with Crippen molar-refractivity contribution in [1.82, 2.24) is 0 Å². The topological polar surface area (TPSA) is 63.6 Å². The van der Waals surface area contributed by atoms with Crippen LogP contribution in [0.1, 0.15) is 26.3 Å². The van der Waals surface area contributed by atoms with Gasteiger partial charge in [-0.25, -0.2) is 9.59 Å². The molecule has 0 saturated carbocycles. The van der Waals surface area contributed by atoms with Gasteiger partial charge in [-0.05, 0) is 17.7 Å². The predicted octanol–water partition coefficient (Wildman–Crippen LogP) is 2.74. The van der Waals surface area contributed by atoms with Crippen molar-refractivity contribution in [3.05, 3.63) is 71.3 Å². The quantitative estimate of drug-likeness (QED) is 0.855. The molecule has 0 fully saturated rings. The van der Waals surface area contributed by atoms with Crippen molar-refractivity contribution >= 4 is 11.9 Å². The fourth-order valence-corrected chi connectivity index (χ4v) is 1.64. The third-order valence-electron chi connectivity index (χ3n) is 2.58. The first-order valence-electron chi connectivity index (χ1n) is 6.11. The van der Waals surface area contributed by atoms with E-state index in [0.29, 0.717) is 0 Å². The molecule has 2 aromatic carbocycles. The van der Waals surface area contributed by atoms with Crippen LogP contribution in [0.15, 0.2) is 54.6 Å². The predicted molar refractivity (Wildman–Crippen MR) is 69.0 cm³/mol. The van der Waals surface area contributed by atoms with Gasteiger partial charge in [-0.3, -0.25) is 0 Å². The molecular formula is C15H12O4. The number of aromatic carboxylic acids is 1. The van der Waals surface area contributed by atoms with E-state index in [1.54, 1.807) is 12.1 Å². The van der Waals surface area contributed by atoms with Gasteiger partial charge < -0.3 is 9.85 Å². The summed E-state index contributed by atoms with van der Waals surface area (Å²) in [6.07, 6.45) is 0. The maximum atomic E-state index is 12.0. The zero-order valence-electron chi connectivity index (χ0n) is 11.0. The van der Waals surface area contributed by atoms with E-state index in [9.17, 15) is 9.59 Å². The lowest BCUT2D eigenvalue weighted by atomic mass is 10.1. The minimum Gasteiger partial charge on any atom is -0.478 e. The van der Waals surface area contributed by atoms with E-state index in [4.69, 9.17) is 6.17 Å². The Balaban J connectivity index is 2.12. The maximum Gasteiger partial charge on any atom is 0.339 e. The van der Waals surface area contributed by atoms with E-state index < -0.39 is 11.9 Å². The minimum absolute atomic E-state index is 0.0144. The number of hydrogen-bond donors (Lipinski definition) is 1. The molecule has 0 atom stereocenters. The van der Waals surface area contributed by atoms with Crippen LogP contribution in [0.5, 0.6) is 0 Å². The number of esters is 1. The summed E-state index contributed by atoms with van der Waals surface area (Å²) in [4.78, 5) is 23.4. The first kappa shape index (κ1) is 11.5. The first-order valence-corrected chi connectivity index (χ1v) is 5.70. The summed E-state index contributed by atoms with van der Waals surface area (Å²) in [6.45, 7) is 0.115. The van der Waals surface area contributed by atoms with Crippen LogP contribution in [0.3, 0.4) is 0 Å². The minimum atomic E-state index is -0.891. The van der Waals surface area contributed by atoms with E-state index in [1.165, 1.54) is 12.1 Å². The highest BCUT2D eigenvalue weighted by Crippen LogP contribution is 2.11. The van der Waals surface area contributed by atoms with Gasteiger partial charge in [0.15, 0.2) is 0 Å². The summed E-state index contributed by atoms with van der Waals surface area (Å²) in [5, 5.41) is 3.89. The average molecular weight is 257 g/mol. The lowest BCUT2D eigenvalue weighted by molar-refractivity contribution is 0.0463. The number of benzene rings is 2. The Bertz CT molecular complexity index is 610. The van der Waals surface area contributed by atoms with Gasteiger partial charge in [-0.1, -0.05) is 42.5 Å². The van der Waals surface area contributed by atoms with Gasteiger partial charge in [0.05, 0.1) is 11.1 Å². The molecule has 2 aromatic rings. The van der Waals surface area contributed by atoms with Gasteiger partial charge in [0.25, 0.3) is 1.43 Å². The standard InChI is InChI=1S/C15H12O4/c16-14(17)12-8-4-5-9-13(12)15(18)19-10-11-6-2-1-3-7-11/h1-9H,10H2,(H,16,17)/i/hD. The van der Waals surface area contributed by atoms with Gasteiger partial charge in [-0.15, -0.1) is 0 Å². The highest BCUT2D eigenvalue weighted by atomic mass is 16.5. The Morgan fingerprint density at radius 3 is 2.32 bits per heavy atom. The molecule has 0 aromatic heterocycles. The molecule has 2 rings (SSSR count). The van der Waals surface area contributed by atoms with Crippen LogP contribution in [0.25, 0.3) is 1.43 Å². The van der Waals surface area contributed by atoms with Crippen molar-refractivity contribution in [3.8, 4) is 0 Å². The highest BCUT2D eigenvalue weighted by molar-refractivity contribution is 6.02. The van der Waals surface area contributed by atoms with Crippen LogP contribution in [-0.2, 0) is 11.3 Å². The second-order valence-electron chi connectivity index (χ2n) is 3.89. The van der Waals surface area contributed by atoms with Crippen LogP contribution in [0.2, 0.25) is 0 Å². The third-order valence-corrected chi connectivity index (χ3v) is 2.58. The molecule has 4 nitrogen and oxygen atoms in total. The Hall–Kier alpha value is -2.62. The normalized spacial score (nSPS) is 10.4. The summed E-state index contributed by atoms with van der Waals surface area (Å²) in [5.74, 6) is -1.52. The van der Waals surface area contributed by atoms with Crippen LogP contribution in [0.4, 0.5) is 0 Å². The van der Waals surface area contributed by atoms with Gasteiger partial charge in [0, 0.05) is 0 Å². The number of carbonyl (C=O) groups is 2. The number of carboxylic acids is 1.